The van der Waals surface area contributed by atoms with E-state index in [4.69, 9.17) is 0 Å². The van der Waals surface area contributed by atoms with Crippen LogP contribution in [-0.2, 0) is 19.0 Å². The van der Waals surface area contributed by atoms with E-state index in [1.54, 1.807) is 36.4 Å². The van der Waals surface area contributed by atoms with E-state index in [1.807, 2.05) is 0 Å². The molecule has 0 N–H and O–H groups in total. The summed E-state index contributed by atoms with van der Waals surface area (Å²) in [6, 6.07) is 11.6. The molecule has 2 rings (SSSR count). The fraction of sp³-hybridized carbons (Fsp3) is 0.214. The average Bonchev–Trinajstić information content (AvgIpc) is 2.52. The van der Waals surface area contributed by atoms with Gasteiger partial charge in [0.15, 0.2) is 6.61 Å². The first-order chi connectivity index (χ1) is 10.3. The number of fused-ring (bicyclic) bond motifs is 1. The fourth-order valence-electron chi connectivity index (χ4n) is 1.82. The number of carbonyl (C=O) groups excluding carboxylic acids is 1. The molecule has 0 spiro atoms. The van der Waals surface area contributed by atoms with Crippen molar-refractivity contribution in [1.82, 2.24) is 0 Å². The minimum Gasteiger partial charge on any atom is -0.454 e. The van der Waals surface area contributed by atoms with Crippen LogP contribution in [0.1, 0.15) is 10.4 Å². The highest BCUT2D eigenvalue weighted by Crippen LogP contribution is 2.25. The van der Waals surface area contributed by atoms with E-state index >= 15 is 0 Å². The molecular formula is C14H12F2O5S. The SMILES string of the molecule is COS(=O)(=O)C(F)(F)COC(=O)c1cccc2ccccc12. The van der Waals surface area contributed by atoms with Crippen molar-refractivity contribution in [2.24, 2.45) is 0 Å². The number of benzene rings is 2. The molecule has 22 heavy (non-hydrogen) atoms. The Morgan fingerprint density at radius 3 is 2.45 bits per heavy atom. The quantitative estimate of drug-likeness (QED) is 0.622. The molecule has 0 aromatic heterocycles. The number of rotatable bonds is 5. The van der Waals surface area contributed by atoms with Crippen LogP contribution in [0.25, 0.3) is 10.8 Å². The van der Waals surface area contributed by atoms with E-state index in [9.17, 15) is 22.0 Å². The lowest BCUT2D eigenvalue weighted by molar-refractivity contribution is -0.0105. The standard InChI is InChI=1S/C14H12F2O5S/c1-20-22(18,19)14(15,16)9-21-13(17)12-8-4-6-10-5-2-3-7-11(10)12/h2-8H,9H2,1H3. The molecule has 2 aromatic carbocycles. The van der Waals surface area contributed by atoms with Gasteiger partial charge in [-0.15, -0.1) is 0 Å². The van der Waals surface area contributed by atoms with Gasteiger partial charge in [0.05, 0.1) is 12.7 Å². The Labute approximate surface area is 125 Å². The molecule has 0 heterocycles. The topological polar surface area (TPSA) is 69.7 Å². The van der Waals surface area contributed by atoms with Crippen molar-refractivity contribution in [1.29, 1.82) is 0 Å². The van der Waals surface area contributed by atoms with E-state index in [2.05, 4.69) is 8.92 Å². The number of hydrogen-bond donors (Lipinski definition) is 0. The fourth-order valence-corrected chi connectivity index (χ4v) is 2.27. The molecule has 0 saturated carbocycles. The van der Waals surface area contributed by atoms with Crippen LogP contribution in [0.3, 0.4) is 0 Å². The van der Waals surface area contributed by atoms with Crippen molar-refractivity contribution in [2.75, 3.05) is 13.7 Å². The van der Waals surface area contributed by atoms with Gasteiger partial charge in [0.2, 0.25) is 0 Å². The molecule has 2 aromatic rings. The van der Waals surface area contributed by atoms with E-state index in [0.29, 0.717) is 12.5 Å². The summed E-state index contributed by atoms with van der Waals surface area (Å²) in [7, 11) is -4.52. The van der Waals surface area contributed by atoms with Crippen LogP contribution in [0.5, 0.6) is 0 Å². The van der Waals surface area contributed by atoms with Crippen LogP contribution in [0.15, 0.2) is 42.5 Å². The highest BCUT2D eigenvalue weighted by molar-refractivity contribution is 7.87. The highest BCUT2D eigenvalue weighted by atomic mass is 32.2. The number of ether oxygens (including phenoxy) is 1. The number of halogens is 2. The smallest absolute Gasteiger partial charge is 0.403 e. The molecule has 0 fully saturated rings. The number of esters is 1. The molecule has 0 bridgehead atoms. The third-order valence-electron chi connectivity index (χ3n) is 2.97. The zero-order valence-corrected chi connectivity index (χ0v) is 12.3. The summed E-state index contributed by atoms with van der Waals surface area (Å²) in [4.78, 5) is 11.9. The number of alkyl halides is 2. The van der Waals surface area contributed by atoms with Crippen LogP contribution in [0, 0.1) is 0 Å². The minimum absolute atomic E-state index is 0.0729. The molecule has 0 atom stereocenters. The molecule has 0 aliphatic heterocycles. The van der Waals surface area contributed by atoms with Gasteiger partial charge < -0.3 is 4.74 Å². The number of carbonyl (C=O) groups is 1. The largest absolute Gasteiger partial charge is 0.454 e. The van der Waals surface area contributed by atoms with Gasteiger partial charge in [-0.2, -0.15) is 17.2 Å². The van der Waals surface area contributed by atoms with Gasteiger partial charge in [-0.1, -0.05) is 36.4 Å². The summed E-state index contributed by atoms with van der Waals surface area (Å²) in [5.41, 5.74) is 0.0729. The molecule has 8 heteroatoms. The van der Waals surface area contributed by atoms with Crippen LogP contribution >= 0.6 is 0 Å². The van der Waals surface area contributed by atoms with Crippen molar-refractivity contribution in [3.05, 3.63) is 48.0 Å². The first kappa shape index (κ1) is 16.3. The zero-order valence-electron chi connectivity index (χ0n) is 11.5. The second-order valence-electron chi connectivity index (χ2n) is 4.36. The van der Waals surface area contributed by atoms with Crippen LogP contribution < -0.4 is 0 Å². The van der Waals surface area contributed by atoms with E-state index < -0.39 is 27.9 Å². The maximum absolute atomic E-state index is 13.4. The van der Waals surface area contributed by atoms with E-state index in [0.717, 1.165) is 5.39 Å². The lowest BCUT2D eigenvalue weighted by Crippen LogP contribution is -2.35. The van der Waals surface area contributed by atoms with Gasteiger partial charge in [-0.25, -0.2) is 4.79 Å². The molecule has 0 unspecified atom stereocenters. The lowest BCUT2D eigenvalue weighted by Gasteiger charge is -2.15. The Balaban J connectivity index is 2.23. The third-order valence-corrected chi connectivity index (χ3v) is 4.25. The van der Waals surface area contributed by atoms with Gasteiger partial charge in [-0.3, -0.25) is 4.18 Å². The Morgan fingerprint density at radius 1 is 1.14 bits per heavy atom. The van der Waals surface area contributed by atoms with E-state index in [1.165, 1.54) is 6.07 Å². The first-order valence-corrected chi connectivity index (χ1v) is 7.52. The van der Waals surface area contributed by atoms with Gasteiger partial charge in [-0.05, 0) is 16.8 Å². The molecule has 0 aliphatic rings. The second kappa shape index (κ2) is 5.98. The molecule has 118 valence electrons. The summed E-state index contributed by atoms with van der Waals surface area (Å²) in [6.45, 7) is -1.62. The van der Waals surface area contributed by atoms with Crippen molar-refractivity contribution < 1.29 is 30.9 Å². The van der Waals surface area contributed by atoms with Gasteiger partial charge in [0.1, 0.15) is 0 Å². The highest BCUT2D eigenvalue weighted by Gasteiger charge is 2.47. The summed E-state index contributed by atoms with van der Waals surface area (Å²) < 4.78 is 57.0. The lowest BCUT2D eigenvalue weighted by atomic mass is 10.1. The third kappa shape index (κ3) is 3.07. The van der Waals surface area contributed by atoms with Crippen molar-refractivity contribution >= 4 is 26.9 Å². The first-order valence-electron chi connectivity index (χ1n) is 6.11. The minimum atomic E-state index is -5.13. The van der Waals surface area contributed by atoms with Crippen LogP contribution in [0.2, 0.25) is 0 Å². The Bertz CT molecular complexity index is 796. The predicted molar refractivity (Wildman–Crippen MR) is 75.1 cm³/mol. The summed E-state index contributed by atoms with van der Waals surface area (Å²) >= 11 is 0. The zero-order chi connectivity index (χ0) is 16.4. The molecule has 0 amide bonds. The molecular weight excluding hydrogens is 318 g/mol. The van der Waals surface area contributed by atoms with Crippen molar-refractivity contribution in [3.63, 3.8) is 0 Å². The monoisotopic (exact) mass is 330 g/mol. The molecule has 0 saturated heterocycles. The van der Waals surface area contributed by atoms with Gasteiger partial charge >= 0.3 is 21.3 Å². The molecule has 5 nitrogen and oxygen atoms in total. The predicted octanol–water partition coefficient (Wildman–Crippen LogP) is 2.57. The maximum atomic E-state index is 13.4. The molecule has 0 radical (unpaired) electrons. The van der Waals surface area contributed by atoms with Gasteiger partial charge in [0.25, 0.3) is 0 Å². The number of hydrogen-bond acceptors (Lipinski definition) is 5. The van der Waals surface area contributed by atoms with E-state index in [-0.39, 0.29) is 5.56 Å². The maximum Gasteiger partial charge on any atom is 0.403 e. The summed E-state index contributed by atoms with van der Waals surface area (Å²) in [5.74, 6) is -1.04. The Morgan fingerprint density at radius 2 is 1.77 bits per heavy atom. The average molecular weight is 330 g/mol. The van der Waals surface area contributed by atoms with Gasteiger partial charge in [0, 0.05) is 0 Å². The Hall–Kier alpha value is -2.06. The Kier molecular flexibility index (Phi) is 4.43. The normalized spacial score (nSPS) is 12.3. The second-order valence-corrected chi connectivity index (χ2v) is 6.20. The summed E-state index contributed by atoms with van der Waals surface area (Å²) in [6.07, 6.45) is 0. The van der Waals surface area contributed by atoms with Crippen molar-refractivity contribution in [3.8, 4) is 0 Å². The van der Waals surface area contributed by atoms with Crippen LogP contribution in [0.4, 0.5) is 8.78 Å². The van der Waals surface area contributed by atoms with Crippen molar-refractivity contribution in [2.45, 2.75) is 5.25 Å². The van der Waals surface area contributed by atoms with Crippen LogP contribution in [-0.4, -0.2) is 33.4 Å². The molecule has 0 aliphatic carbocycles. The summed E-state index contributed by atoms with van der Waals surface area (Å²) in [5, 5.41) is -3.07.